The van der Waals surface area contributed by atoms with Crippen molar-refractivity contribution in [3.63, 3.8) is 0 Å². The molecule has 1 aliphatic rings. The Morgan fingerprint density at radius 1 is 1.25 bits per heavy atom. The van der Waals surface area contributed by atoms with E-state index in [0.717, 1.165) is 18.3 Å². The molecule has 0 N–H and O–H groups in total. The standard InChI is InChI=1S/C14H19BrO/c1-11(15)10-16-14-8-6-13(7-9-14)12-4-2-3-5-12/h6-9,11-12H,2-5,10H2,1H3. The molecule has 0 aromatic heterocycles. The molecule has 1 nitrogen and oxygen atoms in total. The van der Waals surface area contributed by atoms with Gasteiger partial charge in [0.25, 0.3) is 0 Å². The van der Waals surface area contributed by atoms with E-state index in [1.54, 1.807) is 0 Å². The Balaban J connectivity index is 1.93. The molecule has 0 saturated heterocycles. The van der Waals surface area contributed by atoms with Gasteiger partial charge in [0.2, 0.25) is 0 Å². The lowest BCUT2D eigenvalue weighted by molar-refractivity contribution is 0.324. The Hall–Kier alpha value is -0.500. The summed E-state index contributed by atoms with van der Waals surface area (Å²) in [5.41, 5.74) is 1.48. The van der Waals surface area contributed by atoms with Gasteiger partial charge in [0.15, 0.2) is 0 Å². The highest BCUT2D eigenvalue weighted by Gasteiger charge is 2.16. The number of ether oxygens (including phenoxy) is 1. The highest BCUT2D eigenvalue weighted by Crippen LogP contribution is 2.34. The van der Waals surface area contributed by atoms with Crippen molar-refractivity contribution >= 4 is 15.9 Å². The maximum Gasteiger partial charge on any atom is 0.119 e. The van der Waals surface area contributed by atoms with Crippen LogP contribution >= 0.6 is 15.9 Å². The molecule has 2 heteroatoms. The summed E-state index contributed by atoms with van der Waals surface area (Å²) >= 11 is 3.48. The molecule has 88 valence electrons. The second-order valence-electron chi connectivity index (χ2n) is 4.64. The highest BCUT2D eigenvalue weighted by atomic mass is 79.9. The molecule has 1 aromatic rings. The number of benzene rings is 1. The van der Waals surface area contributed by atoms with Crippen LogP contribution in [0.3, 0.4) is 0 Å². The molecule has 1 saturated carbocycles. The summed E-state index contributed by atoms with van der Waals surface area (Å²) < 4.78 is 5.64. The average molecular weight is 283 g/mol. The van der Waals surface area contributed by atoms with E-state index in [2.05, 4.69) is 47.1 Å². The van der Waals surface area contributed by atoms with Crippen LogP contribution in [0, 0.1) is 0 Å². The van der Waals surface area contributed by atoms with Crippen molar-refractivity contribution in [2.24, 2.45) is 0 Å². The summed E-state index contributed by atoms with van der Waals surface area (Å²) in [6, 6.07) is 8.65. The molecule has 1 fully saturated rings. The van der Waals surface area contributed by atoms with Gasteiger partial charge in [-0.25, -0.2) is 0 Å². The molecule has 0 radical (unpaired) electrons. The Bertz CT molecular complexity index is 312. The van der Waals surface area contributed by atoms with Crippen LogP contribution < -0.4 is 4.74 Å². The second-order valence-corrected chi connectivity index (χ2v) is 6.21. The van der Waals surface area contributed by atoms with Gasteiger partial charge in [0, 0.05) is 4.83 Å². The Labute approximate surface area is 106 Å². The van der Waals surface area contributed by atoms with Gasteiger partial charge in [-0.3, -0.25) is 0 Å². The minimum Gasteiger partial charge on any atom is -0.492 e. The molecular formula is C14H19BrO. The third kappa shape index (κ3) is 3.24. The number of halogens is 1. The monoisotopic (exact) mass is 282 g/mol. The number of hydrogen-bond donors (Lipinski definition) is 0. The molecule has 0 spiro atoms. The first-order valence-electron chi connectivity index (χ1n) is 6.12. The first kappa shape index (κ1) is 12.0. The van der Waals surface area contributed by atoms with Gasteiger partial charge in [-0.05, 0) is 43.4 Å². The molecule has 1 aliphatic carbocycles. The van der Waals surface area contributed by atoms with Crippen molar-refractivity contribution in [2.75, 3.05) is 6.61 Å². The van der Waals surface area contributed by atoms with Crippen molar-refractivity contribution in [2.45, 2.75) is 43.4 Å². The lowest BCUT2D eigenvalue weighted by atomic mass is 9.98. The molecule has 0 heterocycles. The topological polar surface area (TPSA) is 9.23 Å². The second kappa shape index (κ2) is 5.72. The summed E-state index contributed by atoms with van der Waals surface area (Å²) in [6.45, 7) is 2.82. The zero-order valence-electron chi connectivity index (χ0n) is 9.79. The minimum atomic E-state index is 0.405. The van der Waals surface area contributed by atoms with E-state index in [4.69, 9.17) is 4.74 Å². The van der Waals surface area contributed by atoms with Crippen LogP contribution in [0.25, 0.3) is 0 Å². The smallest absolute Gasteiger partial charge is 0.119 e. The molecular weight excluding hydrogens is 264 g/mol. The quantitative estimate of drug-likeness (QED) is 0.739. The zero-order valence-corrected chi connectivity index (χ0v) is 11.4. The van der Waals surface area contributed by atoms with Crippen molar-refractivity contribution in [3.05, 3.63) is 29.8 Å². The van der Waals surface area contributed by atoms with E-state index in [-0.39, 0.29) is 0 Å². The summed E-state index contributed by atoms with van der Waals surface area (Å²) in [6.07, 6.45) is 5.51. The van der Waals surface area contributed by atoms with Gasteiger partial charge in [-0.15, -0.1) is 0 Å². The maximum absolute atomic E-state index is 5.64. The summed E-state index contributed by atoms with van der Waals surface area (Å²) in [5.74, 6) is 1.78. The molecule has 0 aliphatic heterocycles. The first-order valence-corrected chi connectivity index (χ1v) is 7.04. The van der Waals surface area contributed by atoms with Crippen molar-refractivity contribution in [3.8, 4) is 5.75 Å². The van der Waals surface area contributed by atoms with Gasteiger partial charge in [0.1, 0.15) is 12.4 Å². The lowest BCUT2D eigenvalue weighted by Crippen LogP contribution is -2.06. The van der Waals surface area contributed by atoms with Gasteiger partial charge in [-0.1, -0.05) is 40.9 Å². The van der Waals surface area contributed by atoms with Crippen LogP contribution in [-0.4, -0.2) is 11.4 Å². The van der Waals surface area contributed by atoms with E-state index >= 15 is 0 Å². The fourth-order valence-corrected chi connectivity index (χ4v) is 2.44. The van der Waals surface area contributed by atoms with Gasteiger partial charge in [0.05, 0.1) is 0 Å². The first-order chi connectivity index (χ1) is 7.75. The molecule has 0 bridgehead atoms. The Kier molecular flexibility index (Phi) is 4.28. The zero-order chi connectivity index (χ0) is 11.4. The Morgan fingerprint density at radius 2 is 1.88 bits per heavy atom. The number of rotatable bonds is 4. The third-order valence-corrected chi connectivity index (χ3v) is 3.45. The fourth-order valence-electron chi connectivity index (χ4n) is 2.31. The van der Waals surface area contributed by atoms with Crippen LogP contribution in [0.1, 0.15) is 44.1 Å². The molecule has 1 aromatic carbocycles. The van der Waals surface area contributed by atoms with Crippen molar-refractivity contribution in [1.82, 2.24) is 0 Å². The average Bonchev–Trinajstić information content (AvgIpc) is 2.80. The largest absolute Gasteiger partial charge is 0.492 e. The minimum absolute atomic E-state index is 0.405. The highest BCUT2D eigenvalue weighted by molar-refractivity contribution is 9.09. The summed E-state index contributed by atoms with van der Waals surface area (Å²) in [4.78, 5) is 0.405. The van der Waals surface area contributed by atoms with Crippen LogP contribution in [0.2, 0.25) is 0 Å². The molecule has 1 atom stereocenters. The van der Waals surface area contributed by atoms with Crippen molar-refractivity contribution < 1.29 is 4.74 Å². The molecule has 0 amide bonds. The maximum atomic E-state index is 5.64. The normalized spacial score (nSPS) is 18.6. The van der Waals surface area contributed by atoms with Gasteiger partial charge >= 0.3 is 0 Å². The predicted molar refractivity (Wildman–Crippen MR) is 71.5 cm³/mol. The van der Waals surface area contributed by atoms with Crippen LogP contribution in [-0.2, 0) is 0 Å². The summed E-state index contributed by atoms with van der Waals surface area (Å²) in [7, 11) is 0. The van der Waals surface area contributed by atoms with E-state index in [1.165, 1.54) is 31.2 Å². The van der Waals surface area contributed by atoms with E-state index in [9.17, 15) is 0 Å². The number of hydrogen-bond acceptors (Lipinski definition) is 1. The van der Waals surface area contributed by atoms with Crippen LogP contribution in [0.15, 0.2) is 24.3 Å². The predicted octanol–water partition coefficient (Wildman–Crippen LogP) is 4.51. The van der Waals surface area contributed by atoms with Crippen LogP contribution in [0.5, 0.6) is 5.75 Å². The lowest BCUT2D eigenvalue weighted by Gasteiger charge is -2.11. The molecule has 1 unspecified atom stereocenters. The van der Waals surface area contributed by atoms with Crippen LogP contribution in [0.4, 0.5) is 0 Å². The molecule has 16 heavy (non-hydrogen) atoms. The van der Waals surface area contributed by atoms with E-state index in [0.29, 0.717) is 4.83 Å². The number of alkyl halides is 1. The summed E-state index contributed by atoms with van der Waals surface area (Å²) in [5, 5.41) is 0. The van der Waals surface area contributed by atoms with Gasteiger partial charge < -0.3 is 4.74 Å². The fraction of sp³-hybridized carbons (Fsp3) is 0.571. The SMILES string of the molecule is CC(Br)COc1ccc(C2CCCC2)cc1. The third-order valence-electron chi connectivity index (χ3n) is 3.19. The molecule has 2 rings (SSSR count). The van der Waals surface area contributed by atoms with Crippen molar-refractivity contribution in [1.29, 1.82) is 0 Å². The van der Waals surface area contributed by atoms with Gasteiger partial charge in [-0.2, -0.15) is 0 Å². The van der Waals surface area contributed by atoms with E-state index < -0.39 is 0 Å². The Morgan fingerprint density at radius 3 is 2.44 bits per heavy atom. The van der Waals surface area contributed by atoms with E-state index in [1.807, 2.05) is 0 Å².